The molecule has 2 aromatic rings. The van der Waals surface area contributed by atoms with Gasteiger partial charge < -0.3 is 11.5 Å². The number of guanidine groups is 2. The van der Waals surface area contributed by atoms with E-state index in [1.54, 1.807) is 6.07 Å². The van der Waals surface area contributed by atoms with Crippen LogP contribution in [0, 0.1) is 0 Å². The molecule has 1 heterocycles. The highest BCUT2D eigenvalue weighted by atomic mass is 35.5. The summed E-state index contributed by atoms with van der Waals surface area (Å²) in [5.41, 5.74) is 14.0. The van der Waals surface area contributed by atoms with Crippen molar-refractivity contribution in [2.75, 3.05) is 10.7 Å². The Kier molecular flexibility index (Phi) is 10.1. The second-order valence-corrected chi connectivity index (χ2v) is 12.2. The molecule has 0 bridgehead atoms. The summed E-state index contributed by atoms with van der Waals surface area (Å²) >= 11 is 6.11. The zero-order chi connectivity index (χ0) is 28.0. The molecule has 0 unspecified atom stereocenters. The molecular weight excluding hydrogens is 545 g/mol. The molecule has 5 N–H and O–H groups in total. The van der Waals surface area contributed by atoms with E-state index in [9.17, 15) is 20.7 Å². The lowest BCUT2D eigenvalue weighted by Gasteiger charge is -2.38. The highest BCUT2D eigenvalue weighted by molar-refractivity contribution is 7.86. The van der Waals surface area contributed by atoms with Gasteiger partial charge in [0.25, 0.3) is 10.1 Å². The lowest BCUT2D eigenvalue weighted by atomic mass is 10.0. The lowest BCUT2D eigenvalue weighted by molar-refractivity contribution is 0.484. The molecule has 0 aliphatic carbocycles. The Balaban J connectivity index is 0.000000717. The normalized spacial score (nSPS) is 15.4. The summed E-state index contributed by atoms with van der Waals surface area (Å²) in [5, 5.41) is 0.252. The first-order valence-corrected chi connectivity index (χ1v) is 14.7. The summed E-state index contributed by atoms with van der Waals surface area (Å²) in [5.74, 6) is 0.251. The first-order valence-electron chi connectivity index (χ1n) is 11.3. The Morgan fingerprint density at radius 1 is 1.05 bits per heavy atom. The van der Waals surface area contributed by atoms with Crippen LogP contribution in [-0.2, 0) is 33.2 Å². The molecule has 2 aromatic carbocycles. The van der Waals surface area contributed by atoms with E-state index in [-0.39, 0.29) is 16.7 Å². The van der Waals surface area contributed by atoms with Crippen LogP contribution in [0.15, 0.2) is 57.3 Å². The smallest absolute Gasteiger partial charge is 0.332 e. The van der Waals surface area contributed by atoms with Crippen molar-refractivity contribution in [1.82, 2.24) is 0 Å². The Bertz CT molecular complexity index is 1400. The van der Waals surface area contributed by atoms with Crippen LogP contribution in [0.3, 0.4) is 0 Å². The predicted molar refractivity (Wildman–Crippen MR) is 145 cm³/mol. The van der Waals surface area contributed by atoms with Gasteiger partial charge in [0.2, 0.25) is 11.9 Å². The average molecular weight is 576 g/mol. The Hall–Kier alpha value is -2.74. The highest BCUT2D eigenvalue weighted by Gasteiger charge is 2.32. The molecule has 0 saturated carbocycles. The van der Waals surface area contributed by atoms with Crippen LogP contribution in [0.5, 0.6) is 0 Å². The molecule has 0 aromatic heterocycles. The fraction of sp³-hybridized carbons (Fsp3) is 0.391. The third-order valence-corrected chi connectivity index (χ3v) is 7.29. The number of nitrogens with two attached hydrogens (primary N) is 2. The summed E-state index contributed by atoms with van der Waals surface area (Å²) in [4.78, 5) is 9.87. The van der Waals surface area contributed by atoms with Crippen molar-refractivity contribution in [3.05, 3.63) is 58.6 Å². The fourth-order valence-electron chi connectivity index (χ4n) is 3.63. The number of rotatable bonds is 8. The minimum Gasteiger partial charge on any atom is -0.369 e. The monoisotopic (exact) mass is 575 g/mol. The van der Waals surface area contributed by atoms with Gasteiger partial charge in [-0.25, -0.2) is 4.99 Å². The summed E-state index contributed by atoms with van der Waals surface area (Å²) < 4.78 is 61.9. The standard InChI is InChI=1S/C21H25ClFN5O2S.C2H6O3S/c1-21(2)27-19(24)26-20(25)28(21)16-9-5-7-14(12-16)6-3-4-8-15-10-11-17(13-18(15)22)31(23,29)30;1-2-6(3,4)5/h5,7,9-13H,3-4,6,8H2,1-2H3,(H4,24,25,26,27);2H2,1H3,(H,3,4,5). The van der Waals surface area contributed by atoms with Crippen LogP contribution in [-0.4, -0.2) is 44.7 Å². The number of benzene rings is 2. The number of aliphatic imine (C=N–C) groups is 2. The van der Waals surface area contributed by atoms with Gasteiger partial charge in [0, 0.05) is 10.7 Å². The van der Waals surface area contributed by atoms with Crippen LogP contribution in [0.1, 0.15) is 44.7 Å². The number of nitrogens with zero attached hydrogens (tertiary/aromatic N) is 3. The van der Waals surface area contributed by atoms with E-state index < -0.39 is 30.9 Å². The molecule has 3 rings (SSSR count). The second-order valence-electron chi connectivity index (χ2n) is 8.71. The first-order chi connectivity index (χ1) is 17.0. The Morgan fingerprint density at radius 3 is 2.22 bits per heavy atom. The molecule has 0 fully saturated rings. The maximum Gasteiger partial charge on any atom is 0.332 e. The number of aryl methyl sites for hydroxylation is 2. The molecule has 37 heavy (non-hydrogen) atoms. The molecule has 0 atom stereocenters. The molecule has 0 amide bonds. The average Bonchev–Trinajstić information content (AvgIpc) is 2.76. The summed E-state index contributed by atoms with van der Waals surface area (Å²) in [6, 6.07) is 11.9. The van der Waals surface area contributed by atoms with E-state index in [4.69, 9.17) is 27.6 Å². The molecule has 1 aliphatic heterocycles. The van der Waals surface area contributed by atoms with Crippen molar-refractivity contribution in [2.45, 2.75) is 57.0 Å². The van der Waals surface area contributed by atoms with Crippen LogP contribution in [0.2, 0.25) is 5.02 Å². The summed E-state index contributed by atoms with van der Waals surface area (Å²) in [7, 11) is -8.41. The summed E-state index contributed by atoms with van der Waals surface area (Å²) in [6.07, 6.45) is 3.23. The topological polar surface area (TPSA) is 169 Å². The minimum atomic E-state index is -4.75. The first kappa shape index (κ1) is 30.5. The van der Waals surface area contributed by atoms with Gasteiger partial charge in [-0.2, -0.15) is 21.8 Å². The molecule has 10 nitrogen and oxygen atoms in total. The zero-order valence-electron chi connectivity index (χ0n) is 20.7. The molecular formula is C23H31ClFN5O5S2. The van der Waals surface area contributed by atoms with Gasteiger partial charge in [-0.3, -0.25) is 9.45 Å². The van der Waals surface area contributed by atoms with Crippen molar-refractivity contribution in [1.29, 1.82) is 0 Å². The maximum absolute atomic E-state index is 13.1. The molecule has 204 valence electrons. The summed E-state index contributed by atoms with van der Waals surface area (Å²) in [6.45, 7) is 5.20. The van der Waals surface area contributed by atoms with Gasteiger partial charge in [-0.1, -0.05) is 29.8 Å². The van der Waals surface area contributed by atoms with Gasteiger partial charge in [-0.05, 0) is 81.8 Å². The van der Waals surface area contributed by atoms with Gasteiger partial charge in [0.1, 0.15) is 5.66 Å². The third-order valence-electron chi connectivity index (χ3n) is 5.39. The van der Waals surface area contributed by atoms with E-state index in [0.29, 0.717) is 12.4 Å². The van der Waals surface area contributed by atoms with Gasteiger partial charge in [0.05, 0.1) is 10.6 Å². The van der Waals surface area contributed by atoms with Crippen LogP contribution >= 0.6 is 11.6 Å². The largest absolute Gasteiger partial charge is 0.369 e. The predicted octanol–water partition coefficient (Wildman–Crippen LogP) is 3.64. The molecule has 1 aliphatic rings. The minimum absolute atomic E-state index is 0.158. The Morgan fingerprint density at radius 2 is 1.68 bits per heavy atom. The second kappa shape index (κ2) is 12.2. The molecule has 0 saturated heterocycles. The van der Waals surface area contributed by atoms with Gasteiger partial charge in [-0.15, -0.1) is 3.89 Å². The van der Waals surface area contributed by atoms with E-state index in [1.807, 2.05) is 36.9 Å². The number of unbranched alkanes of at least 4 members (excludes halogenated alkanes) is 1. The lowest BCUT2D eigenvalue weighted by Crippen LogP contribution is -2.54. The quantitative estimate of drug-likeness (QED) is 0.243. The highest BCUT2D eigenvalue weighted by Crippen LogP contribution is 2.29. The van der Waals surface area contributed by atoms with Crippen molar-refractivity contribution < 1.29 is 25.3 Å². The van der Waals surface area contributed by atoms with E-state index in [2.05, 4.69) is 16.1 Å². The SMILES string of the molecule is CC1(C)N=C(N)N=C(N)N1c1cccc(CCCCc2ccc(S(=O)(=O)F)cc2Cl)c1.CCS(=O)(=O)O. The fourth-order valence-corrected chi connectivity index (χ4v) is 4.46. The van der Waals surface area contributed by atoms with Crippen molar-refractivity contribution in [3.63, 3.8) is 0 Å². The van der Waals surface area contributed by atoms with Crippen molar-refractivity contribution in [3.8, 4) is 0 Å². The Labute approximate surface area is 222 Å². The van der Waals surface area contributed by atoms with Crippen LogP contribution < -0.4 is 16.4 Å². The molecule has 0 radical (unpaired) electrons. The molecule has 0 spiro atoms. The maximum atomic E-state index is 13.1. The van der Waals surface area contributed by atoms with E-state index in [1.165, 1.54) is 13.0 Å². The number of hydrogen-bond acceptors (Lipinski definition) is 9. The van der Waals surface area contributed by atoms with Gasteiger partial charge >= 0.3 is 10.2 Å². The number of hydrogen-bond donors (Lipinski definition) is 3. The third kappa shape index (κ3) is 9.26. The number of anilines is 1. The van der Waals surface area contributed by atoms with E-state index >= 15 is 0 Å². The van der Waals surface area contributed by atoms with E-state index in [0.717, 1.165) is 42.1 Å². The molecule has 14 heteroatoms. The van der Waals surface area contributed by atoms with Crippen molar-refractivity contribution >= 4 is 49.5 Å². The van der Waals surface area contributed by atoms with Crippen molar-refractivity contribution in [2.24, 2.45) is 21.5 Å². The van der Waals surface area contributed by atoms with Gasteiger partial charge in [0.15, 0.2) is 0 Å². The van der Waals surface area contributed by atoms with Crippen LogP contribution in [0.4, 0.5) is 9.57 Å². The number of halogens is 2. The zero-order valence-corrected chi connectivity index (χ0v) is 23.1. The van der Waals surface area contributed by atoms with Crippen LogP contribution in [0.25, 0.3) is 0 Å².